The van der Waals surface area contributed by atoms with Crippen LogP contribution in [0.25, 0.3) is 11.0 Å². The van der Waals surface area contributed by atoms with Gasteiger partial charge in [-0.3, -0.25) is 14.9 Å². The molecule has 1 fully saturated rings. The van der Waals surface area contributed by atoms with Crippen molar-refractivity contribution in [2.45, 2.75) is 13.8 Å². The Morgan fingerprint density at radius 2 is 1.69 bits per heavy atom. The summed E-state index contributed by atoms with van der Waals surface area (Å²) in [7, 11) is 0. The molecule has 0 aliphatic carbocycles. The highest BCUT2D eigenvalue weighted by atomic mass is 32.1. The summed E-state index contributed by atoms with van der Waals surface area (Å²) in [6, 6.07) is 16.9. The van der Waals surface area contributed by atoms with Gasteiger partial charge in [-0.2, -0.15) is 0 Å². The Labute approximate surface area is 192 Å². The topological polar surface area (TPSA) is 77.8 Å². The van der Waals surface area contributed by atoms with Crippen LogP contribution in [0.3, 0.4) is 0 Å². The molecule has 8 heteroatoms. The van der Waals surface area contributed by atoms with Crippen LogP contribution in [0.1, 0.15) is 24.4 Å². The van der Waals surface area contributed by atoms with Crippen molar-refractivity contribution in [2.24, 2.45) is 5.92 Å². The molecule has 7 nitrogen and oxygen atoms in total. The van der Waals surface area contributed by atoms with Crippen molar-refractivity contribution in [3.8, 4) is 0 Å². The molecule has 32 heavy (non-hydrogen) atoms. The molecule has 0 atom stereocenters. The normalized spacial score (nSPS) is 14.0. The first-order valence-electron chi connectivity index (χ1n) is 10.7. The maximum Gasteiger partial charge on any atom is 0.293 e. The Balaban J connectivity index is 1.40. The van der Waals surface area contributed by atoms with E-state index in [1.54, 1.807) is 6.07 Å². The molecule has 2 N–H and O–H groups in total. The lowest BCUT2D eigenvalue weighted by atomic mass is 10.1. The number of hydrogen-bond acceptors (Lipinski definition) is 5. The maximum absolute atomic E-state index is 12.6. The predicted octanol–water partition coefficient (Wildman–Crippen LogP) is 3.86. The van der Waals surface area contributed by atoms with Crippen LogP contribution in [-0.2, 0) is 4.79 Å². The molecular weight excluding hydrogens is 424 g/mol. The summed E-state index contributed by atoms with van der Waals surface area (Å²) in [4.78, 5) is 29.0. The number of carbonyl (C=O) groups excluding carboxylic acids is 2. The van der Waals surface area contributed by atoms with Crippen LogP contribution in [-0.4, -0.2) is 48.0 Å². The van der Waals surface area contributed by atoms with E-state index in [0.29, 0.717) is 18.7 Å². The number of benzene rings is 2. The van der Waals surface area contributed by atoms with Crippen molar-refractivity contribution in [1.29, 1.82) is 0 Å². The smallest absolute Gasteiger partial charge is 0.293 e. The number of nitrogens with one attached hydrogen (secondary N) is 2. The number of piperazine rings is 1. The maximum atomic E-state index is 12.6. The number of para-hydroxylation sites is 3. The highest BCUT2D eigenvalue weighted by molar-refractivity contribution is 7.80. The van der Waals surface area contributed by atoms with Crippen LogP contribution >= 0.6 is 12.2 Å². The average Bonchev–Trinajstić information content (AvgIpc) is 3.23. The average molecular weight is 451 g/mol. The molecule has 1 saturated heterocycles. The molecule has 3 aromatic rings. The predicted molar refractivity (Wildman–Crippen MR) is 130 cm³/mol. The fourth-order valence-corrected chi connectivity index (χ4v) is 4.00. The zero-order chi connectivity index (χ0) is 22.7. The largest absolute Gasteiger partial charge is 0.451 e. The summed E-state index contributed by atoms with van der Waals surface area (Å²) in [6.45, 7) is 6.67. The van der Waals surface area contributed by atoms with Gasteiger partial charge in [-0.1, -0.05) is 44.2 Å². The third kappa shape index (κ3) is 4.75. The minimum atomic E-state index is -0.406. The monoisotopic (exact) mass is 450 g/mol. The third-order valence-electron chi connectivity index (χ3n) is 5.45. The number of amides is 2. The van der Waals surface area contributed by atoms with Gasteiger partial charge in [0.25, 0.3) is 5.91 Å². The molecule has 2 heterocycles. The van der Waals surface area contributed by atoms with Crippen molar-refractivity contribution < 1.29 is 14.0 Å². The lowest BCUT2D eigenvalue weighted by molar-refractivity contribution is -0.134. The molecule has 4 rings (SSSR count). The van der Waals surface area contributed by atoms with Gasteiger partial charge in [-0.15, -0.1) is 0 Å². The first-order valence-corrected chi connectivity index (χ1v) is 11.1. The first kappa shape index (κ1) is 21.8. The first-order chi connectivity index (χ1) is 15.4. The molecule has 0 radical (unpaired) electrons. The number of thiocarbonyl (C=S) groups is 1. The van der Waals surface area contributed by atoms with Gasteiger partial charge in [-0.05, 0) is 36.5 Å². The van der Waals surface area contributed by atoms with Crippen LogP contribution in [0.15, 0.2) is 59.0 Å². The van der Waals surface area contributed by atoms with E-state index in [2.05, 4.69) is 15.5 Å². The molecule has 1 aliphatic rings. The molecule has 1 aliphatic heterocycles. The SMILES string of the molecule is CC(C)C(=O)N1CCN(c2ccccc2NC(=S)NC(=O)c2cc3ccccc3o2)CC1. The lowest BCUT2D eigenvalue weighted by Gasteiger charge is -2.37. The van der Waals surface area contributed by atoms with Crippen molar-refractivity contribution in [1.82, 2.24) is 10.2 Å². The standard InChI is InChI=1S/C24H26N4O3S/c1-16(2)23(30)28-13-11-27(12-14-28)19-9-5-4-8-18(19)25-24(32)26-22(29)21-15-17-7-3-6-10-20(17)31-21/h3-10,15-16H,11-14H2,1-2H3,(H2,25,26,29,32). The van der Waals surface area contributed by atoms with E-state index in [1.807, 2.05) is 67.3 Å². The molecule has 2 amide bonds. The summed E-state index contributed by atoms with van der Waals surface area (Å²) >= 11 is 5.38. The van der Waals surface area contributed by atoms with E-state index in [4.69, 9.17) is 16.6 Å². The van der Waals surface area contributed by atoms with Crippen molar-refractivity contribution in [3.05, 3.63) is 60.4 Å². The molecular formula is C24H26N4O3S. The molecule has 0 bridgehead atoms. The Bertz CT molecular complexity index is 1120. The highest BCUT2D eigenvalue weighted by Crippen LogP contribution is 2.27. The van der Waals surface area contributed by atoms with Crippen LogP contribution in [0, 0.1) is 5.92 Å². The zero-order valence-electron chi connectivity index (χ0n) is 18.1. The molecule has 166 valence electrons. The molecule has 1 aromatic heterocycles. The van der Waals surface area contributed by atoms with E-state index >= 15 is 0 Å². The summed E-state index contributed by atoms with van der Waals surface area (Å²) < 4.78 is 5.61. The summed E-state index contributed by atoms with van der Waals surface area (Å²) in [6.07, 6.45) is 0. The van der Waals surface area contributed by atoms with Gasteiger partial charge in [0.2, 0.25) is 5.91 Å². The quantitative estimate of drug-likeness (QED) is 0.588. The zero-order valence-corrected chi connectivity index (χ0v) is 18.9. The van der Waals surface area contributed by atoms with Gasteiger partial charge in [0.15, 0.2) is 10.9 Å². The van der Waals surface area contributed by atoms with E-state index in [9.17, 15) is 9.59 Å². The second kappa shape index (κ2) is 9.40. The van der Waals surface area contributed by atoms with Gasteiger partial charge in [0.05, 0.1) is 11.4 Å². The van der Waals surface area contributed by atoms with Crippen LogP contribution in [0.4, 0.5) is 11.4 Å². The van der Waals surface area contributed by atoms with E-state index < -0.39 is 5.91 Å². The number of fused-ring (bicyclic) bond motifs is 1. The van der Waals surface area contributed by atoms with Crippen molar-refractivity contribution in [3.63, 3.8) is 0 Å². The number of carbonyl (C=O) groups is 2. The van der Waals surface area contributed by atoms with Crippen LogP contribution < -0.4 is 15.5 Å². The lowest BCUT2D eigenvalue weighted by Crippen LogP contribution is -2.50. The summed E-state index contributed by atoms with van der Waals surface area (Å²) in [5.74, 6) is -0.0136. The number of hydrogen-bond donors (Lipinski definition) is 2. The molecule has 0 spiro atoms. The fourth-order valence-electron chi connectivity index (χ4n) is 3.80. The van der Waals surface area contributed by atoms with E-state index in [1.165, 1.54) is 0 Å². The Morgan fingerprint density at radius 1 is 1.00 bits per heavy atom. The second-order valence-electron chi connectivity index (χ2n) is 8.04. The molecule has 2 aromatic carbocycles. The molecule has 0 unspecified atom stereocenters. The van der Waals surface area contributed by atoms with Gasteiger partial charge in [0, 0.05) is 37.5 Å². The number of anilines is 2. The van der Waals surface area contributed by atoms with Crippen LogP contribution in [0.5, 0.6) is 0 Å². The second-order valence-corrected chi connectivity index (χ2v) is 8.45. The molecule has 0 saturated carbocycles. The van der Waals surface area contributed by atoms with Gasteiger partial charge in [0.1, 0.15) is 5.58 Å². The Kier molecular flexibility index (Phi) is 6.41. The summed E-state index contributed by atoms with van der Waals surface area (Å²) in [5.41, 5.74) is 2.42. The van der Waals surface area contributed by atoms with Gasteiger partial charge < -0.3 is 19.5 Å². The van der Waals surface area contributed by atoms with E-state index in [-0.39, 0.29) is 22.7 Å². The number of furan rings is 1. The Morgan fingerprint density at radius 3 is 2.41 bits per heavy atom. The van der Waals surface area contributed by atoms with E-state index in [0.717, 1.165) is 29.9 Å². The van der Waals surface area contributed by atoms with Crippen LogP contribution in [0.2, 0.25) is 0 Å². The minimum absolute atomic E-state index is 0.00300. The Hall–Kier alpha value is -3.39. The third-order valence-corrected chi connectivity index (χ3v) is 5.66. The van der Waals surface area contributed by atoms with Gasteiger partial charge in [-0.25, -0.2) is 0 Å². The fraction of sp³-hybridized carbons (Fsp3) is 0.292. The van der Waals surface area contributed by atoms with Gasteiger partial charge >= 0.3 is 0 Å². The highest BCUT2D eigenvalue weighted by Gasteiger charge is 2.24. The minimum Gasteiger partial charge on any atom is -0.451 e. The summed E-state index contributed by atoms with van der Waals surface area (Å²) in [5, 5.41) is 6.87. The number of rotatable bonds is 4. The van der Waals surface area contributed by atoms with Crippen molar-refractivity contribution >= 4 is 51.5 Å². The van der Waals surface area contributed by atoms with Crippen molar-refractivity contribution in [2.75, 3.05) is 36.4 Å². The number of nitrogens with zero attached hydrogens (tertiary/aromatic N) is 2.